The van der Waals surface area contributed by atoms with Gasteiger partial charge in [0.05, 0.1) is 0 Å². The second-order valence-electron chi connectivity index (χ2n) is 3.07. The molecular formula is C6H14OSn. The van der Waals surface area contributed by atoms with Gasteiger partial charge in [0.1, 0.15) is 0 Å². The van der Waals surface area contributed by atoms with Gasteiger partial charge >= 0.3 is 61.5 Å². The topological polar surface area (TPSA) is 20.2 Å². The van der Waals surface area contributed by atoms with Crippen molar-refractivity contribution < 1.29 is 5.11 Å². The number of rotatable bonds is 1. The second kappa shape index (κ2) is 3.06. The third-order valence-corrected chi connectivity index (χ3v) is 4.31. The van der Waals surface area contributed by atoms with Crippen LogP contribution in [0.3, 0.4) is 0 Å². The molecule has 0 aliphatic carbocycles. The molecule has 1 unspecified atom stereocenters. The van der Waals surface area contributed by atoms with E-state index in [1.165, 1.54) is 0 Å². The van der Waals surface area contributed by atoms with Crippen molar-refractivity contribution in [3.63, 3.8) is 0 Å². The summed E-state index contributed by atoms with van der Waals surface area (Å²) in [7, 11) is 0. The fraction of sp³-hybridized carbons (Fsp3) is 1.00. The minimum absolute atomic E-state index is 0.0126. The Morgan fingerprint density at radius 3 is 1.75 bits per heavy atom. The van der Waals surface area contributed by atoms with Gasteiger partial charge in [-0.05, 0) is 0 Å². The summed E-state index contributed by atoms with van der Waals surface area (Å²) < 4.78 is 0.455. The Labute approximate surface area is 61.7 Å². The third kappa shape index (κ3) is 6.76. The van der Waals surface area contributed by atoms with Crippen molar-refractivity contribution in [1.82, 2.24) is 0 Å². The molecule has 0 saturated carbocycles. The van der Waals surface area contributed by atoms with Crippen LogP contribution >= 0.6 is 0 Å². The van der Waals surface area contributed by atoms with E-state index in [9.17, 15) is 0 Å². The molecule has 0 heterocycles. The Morgan fingerprint density at radius 2 is 1.75 bits per heavy atom. The van der Waals surface area contributed by atoms with Crippen LogP contribution in [0.15, 0.2) is 0 Å². The van der Waals surface area contributed by atoms with Crippen molar-refractivity contribution >= 4 is 21.1 Å². The Morgan fingerprint density at radius 1 is 1.38 bits per heavy atom. The standard InChI is InChI=1S/C4H9.C2H5O.Sn/c1-4(2)3;1-2-3;/h1-3H3;2-3H,1H3;. The zero-order valence-corrected chi connectivity index (χ0v) is 8.88. The first-order chi connectivity index (χ1) is 3.42. The van der Waals surface area contributed by atoms with E-state index < -0.39 is 21.1 Å². The maximum absolute atomic E-state index is 8.96. The summed E-state index contributed by atoms with van der Waals surface area (Å²) in [5.41, 5.74) is 0. The predicted molar refractivity (Wildman–Crippen MR) is 37.1 cm³/mol. The maximum atomic E-state index is 8.96. The average molecular weight is 221 g/mol. The summed E-state index contributed by atoms with van der Waals surface area (Å²) in [6.07, 6.45) is 0. The summed E-state index contributed by atoms with van der Waals surface area (Å²) in [6.45, 7) is 8.50. The summed E-state index contributed by atoms with van der Waals surface area (Å²) in [5.74, 6) is 0. The number of hydrogen-bond acceptors (Lipinski definition) is 1. The molecule has 2 heteroatoms. The monoisotopic (exact) mass is 222 g/mol. The molecule has 48 valence electrons. The van der Waals surface area contributed by atoms with E-state index >= 15 is 0 Å². The van der Waals surface area contributed by atoms with Crippen molar-refractivity contribution in [3.8, 4) is 0 Å². The van der Waals surface area contributed by atoms with Gasteiger partial charge < -0.3 is 0 Å². The molecule has 0 aromatic carbocycles. The minimum atomic E-state index is -0.516. The molecule has 0 bridgehead atoms. The Bertz CT molecular complexity index is 63.4. The van der Waals surface area contributed by atoms with E-state index in [1.807, 2.05) is 6.92 Å². The van der Waals surface area contributed by atoms with Crippen molar-refractivity contribution in [3.05, 3.63) is 0 Å². The summed E-state index contributed by atoms with van der Waals surface area (Å²) in [5, 5.41) is 8.96. The molecule has 8 heavy (non-hydrogen) atoms. The Hall–Kier alpha value is 0.759. The summed E-state index contributed by atoms with van der Waals surface area (Å²) in [6, 6.07) is 0. The Balaban J connectivity index is 3.39. The van der Waals surface area contributed by atoms with Crippen LogP contribution in [-0.4, -0.2) is 30.4 Å². The molecular weight excluding hydrogens is 207 g/mol. The van der Waals surface area contributed by atoms with Gasteiger partial charge in [0.2, 0.25) is 0 Å². The third-order valence-electron chi connectivity index (χ3n) is 0.642. The zero-order valence-electron chi connectivity index (χ0n) is 6.02. The van der Waals surface area contributed by atoms with Crippen LogP contribution in [0.25, 0.3) is 0 Å². The predicted octanol–water partition coefficient (Wildman–Crippen LogP) is 1.25. The first-order valence-electron chi connectivity index (χ1n) is 2.87. The van der Waals surface area contributed by atoms with Gasteiger partial charge in [0.25, 0.3) is 0 Å². The van der Waals surface area contributed by atoms with Crippen molar-refractivity contribution in [2.24, 2.45) is 0 Å². The SMILES string of the molecule is C[CH](O)[Sn][C](C)(C)C. The van der Waals surface area contributed by atoms with Crippen LogP contribution in [0.1, 0.15) is 27.7 Å². The molecule has 0 aliphatic rings. The zero-order chi connectivity index (χ0) is 6.78. The molecule has 1 nitrogen and oxygen atoms in total. The van der Waals surface area contributed by atoms with Crippen LogP contribution in [0.2, 0.25) is 3.43 Å². The summed E-state index contributed by atoms with van der Waals surface area (Å²) in [4.78, 5) is 0. The second-order valence-corrected chi connectivity index (χ2v) is 10.6. The van der Waals surface area contributed by atoms with Gasteiger partial charge in [-0.15, -0.1) is 0 Å². The van der Waals surface area contributed by atoms with Crippen molar-refractivity contribution in [1.29, 1.82) is 0 Å². The number of aliphatic hydroxyl groups excluding tert-OH is 1. The summed E-state index contributed by atoms with van der Waals surface area (Å²) >= 11 is -0.516. The van der Waals surface area contributed by atoms with Crippen LogP contribution in [0.5, 0.6) is 0 Å². The van der Waals surface area contributed by atoms with Gasteiger partial charge in [-0.25, -0.2) is 0 Å². The quantitative estimate of drug-likeness (QED) is 0.660. The molecule has 0 aromatic rings. The van der Waals surface area contributed by atoms with Gasteiger partial charge in [0, 0.05) is 0 Å². The van der Waals surface area contributed by atoms with E-state index in [0.29, 0.717) is 3.43 Å². The molecule has 1 atom stereocenters. The molecule has 0 amide bonds. The first kappa shape index (κ1) is 8.76. The van der Waals surface area contributed by atoms with E-state index in [4.69, 9.17) is 5.11 Å². The van der Waals surface area contributed by atoms with E-state index in [2.05, 4.69) is 20.8 Å². The van der Waals surface area contributed by atoms with Gasteiger partial charge in [-0.1, -0.05) is 0 Å². The van der Waals surface area contributed by atoms with Gasteiger partial charge in [-0.2, -0.15) is 0 Å². The fourth-order valence-corrected chi connectivity index (χ4v) is 4.20. The van der Waals surface area contributed by atoms with E-state index in [1.54, 1.807) is 0 Å². The van der Waals surface area contributed by atoms with Crippen molar-refractivity contribution in [2.45, 2.75) is 35.2 Å². The van der Waals surface area contributed by atoms with Crippen LogP contribution in [0.4, 0.5) is 0 Å². The molecule has 0 saturated heterocycles. The molecule has 1 N–H and O–H groups in total. The van der Waals surface area contributed by atoms with Crippen LogP contribution in [0, 0.1) is 0 Å². The average Bonchev–Trinajstić information content (AvgIpc) is 1.21. The molecule has 2 radical (unpaired) electrons. The van der Waals surface area contributed by atoms with E-state index in [-0.39, 0.29) is 4.12 Å². The molecule has 0 fully saturated rings. The normalized spacial score (nSPS) is 16.1. The van der Waals surface area contributed by atoms with Gasteiger partial charge in [-0.3, -0.25) is 0 Å². The molecule has 0 spiro atoms. The number of aliphatic hydroxyl groups is 1. The molecule has 0 aliphatic heterocycles. The van der Waals surface area contributed by atoms with E-state index in [0.717, 1.165) is 0 Å². The molecule has 0 aromatic heterocycles. The fourth-order valence-electron chi connectivity index (χ4n) is 0.627. The van der Waals surface area contributed by atoms with Gasteiger partial charge in [0.15, 0.2) is 0 Å². The van der Waals surface area contributed by atoms with Crippen LogP contribution < -0.4 is 0 Å². The first-order valence-corrected chi connectivity index (χ1v) is 5.95. The van der Waals surface area contributed by atoms with Crippen LogP contribution in [-0.2, 0) is 0 Å². The molecule has 0 rings (SSSR count). The van der Waals surface area contributed by atoms with Crippen molar-refractivity contribution in [2.75, 3.05) is 0 Å². The number of hydrogen-bond donors (Lipinski definition) is 1. The Kier molecular flexibility index (Phi) is 3.35.